The number of rotatable bonds is 2. The van der Waals surface area contributed by atoms with Crippen molar-refractivity contribution in [2.24, 2.45) is 10.8 Å². The maximum absolute atomic E-state index is 12.2. The van der Waals surface area contributed by atoms with Gasteiger partial charge in [-0.05, 0) is 38.8 Å². The maximum Gasteiger partial charge on any atom is 0.152 e. The Morgan fingerprint density at radius 1 is 0.875 bits per heavy atom. The van der Waals surface area contributed by atoms with E-state index in [0.717, 1.165) is 11.1 Å². The van der Waals surface area contributed by atoms with Crippen molar-refractivity contribution in [3.8, 4) is 0 Å². The van der Waals surface area contributed by atoms with E-state index in [0.29, 0.717) is 0 Å². The van der Waals surface area contributed by atoms with Gasteiger partial charge in [-0.2, -0.15) is 0 Å². The van der Waals surface area contributed by atoms with Gasteiger partial charge in [0.2, 0.25) is 0 Å². The third kappa shape index (κ3) is 1.91. The van der Waals surface area contributed by atoms with Gasteiger partial charge in [-0.25, -0.2) is 0 Å². The normalized spacial score (nSPS) is 21.2. The molecule has 0 aromatic carbocycles. The van der Waals surface area contributed by atoms with Crippen molar-refractivity contribution >= 4 is 5.78 Å². The summed E-state index contributed by atoms with van der Waals surface area (Å²) in [5, 5.41) is 0. The molecule has 0 bridgehead atoms. The second-order valence-corrected chi connectivity index (χ2v) is 4.81. The zero-order valence-corrected chi connectivity index (χ0v) is 11.5. The van der Waals surface area contributed by atoms with Gasteiger partial charge in [-0.1, -0.05) is 39.2 Å². The van der Waals surface area contributed by atoms with Gasteiger partial charge in [0.05, 0.1) is 0 Å². The lowest BCUT2D eigenvalue weighted by molar-refractivity contribution is -0.130. The lowest BCUT2D eigenvalue weighted by Crippen LogP contribution is -2.30. The molecule has 0 heterocycles. The smallest absolute Gasteiger partial charge is 0.152 e. The van der Waals surface area contributed by atoms with Gasteiger partial charge in [0.15, 0.2) is 5.78 Å². The van der Waals surface area contributed by atoms with E-state index in [1.54, 1.807) is 12.2 Å². The molecule has 0 amide bonds. The van der Waals surface area contributed by atoms with Crippen LogP contribution in [0.1, 0.15) is 41.5 Å². The van der Waals surface area contributed by atoms with Crippen molar-refractivity contribution in [3.63, 3.8) is 0 Å². The lowest BCUT2D eigenvalue weighted by atomic mass is 9.78. The van der Waals surface area contributed by atoms with Crippen LogP contribution in [-0.4, -0.2) is 5.78 Å². The highest BCUT2D eigenvalue weighted by molar-refractivity contribution is 5.99. The summed E-state index contributed by atoms with van der Waals surface area (Å²) in [4.78, 5) is 12.2. The molecule has 1 aliphatic rings. The minimum atomic E-state index is -0.422. The number of carbonyl (C=O) groups is 1. The molecule has 0 spiro atoms. The highest BCUT2D eigenvalue weighted by atomic mass is 16.1. The van der Waals surface area contributed by atoms with Crippen molar-refractivity contribution in [3.05, 3.63) is 36.5 Å². The van der Waals surface area contributed by atoms with Gasteiger partial charge in [0.25, 0.3) is 0 Å². The highest BCUT2D eigenvalue weighted by Crippen LogP contribution is 2.50. The van der Waals surface area contributed by atoms with Crippen molar-refractivity contribution in [2.45, 2.75) is 41.5 Å². The lowest BCUT2D eigenvalue weighted by Gasteiger charge is -2.23. The summed E-state index contributed by atoms with van der Waals surface area (Å²) in [6, 6.07) is 0. The highest BCUT2D eigenvalue weighted by Gasteiger charge is 2.49. The first-order chi connectivity index (χ1) is 7.30. The molecular weight excluding hydrogens is 196 g/mol. The predicted molar refractivity (Wildman–Crippen MR) is 71.3 cm³/mol. The number of carbonyl (C=O) groups excluding carboxylic acids is 1. The van der Waals surface area contributed by atoms with E-state index in [1.807, 2.05) is 41.5 Å². The van der Waals surface area contributed by atoms with E-state index in [2.05, 4.69) is 13.2 Å². The van der Waals surface area contributed by atoms with Crippen molar-refractivity contribution in [1.82, 2.24) is 0 Å². The fraction of sp³-hybridized carbons (Fsp3) is 0.533. The van der Waals surface area contributed by atoms with Gasteiger partial charge in [-0.15, -0.1) is 0 Å². The molecule has 0 radical (unpaired) electrons. The Morgan fingerprint density at radius 3 is 1.31 bits per heavy atom. The fourth-order valence-corrected chi connectivity index (χ4v) is 2.43. The number of hydrogen-bond acceptors (Lipinski definition) is 1. The Balaban J connectivity index is 0.00000106. The Bertz CT molecular complexity index is 308. The number of allylic oxidation sites excluding steroid dienone is 4. The molecule has 1 heteroatoms. The van der Waals surface area contributed by atoms with E-state index in [4.69, 9.17) is 0 Å². The molecule has 0 saturated carbocycles. The van der Waals surface area contributed by atoms with E-state index < -0.39 is 10.8 Å². The quantitative estimate of drug-likeness (QED) is 0.677. The summed E-state index contributed by atoms with van der Waals surface area (Å²) < 4.78 is 0. The molecule has 1 nitrogen and oxygen atoms in total. The van der Waals surface area contributed by atoms with Crippen LogP contribution < -0.4 is 0 Å². The molecule has 0 aromatic heterocycles. The molecule has 16 heavy (non-hydrogen) atoms. The molecule has 0 unspecified atom stereocenters. The summed E-state index contributed by atoms with van der Waals surface area (Å²) in [6.45, 7) is 19.4. The number of hydrogen-bond donors (Lipinski definition) is 0. The van der Waals surface area contributed by atoms with Gasteiger partial charge < -0.3 is 0 Å². The molecule has 0 atom stereocenters. The first kappa shape index (κ1) is 14.9. The minimum Gasteiger partial charge on any atom is -0.298 e. The summed E-state index contributed by atoms with van der Waals surface area (Å²) in [7, 11) is 0. The zero-order chi connectivity index (χ0) is 13.1. The summed E-state index contributed by atoms with van der Waals surface area (Å²) in [5.41, 5.74) is 1.19. The first-order valence-corrected chi connectivity index (χ1v) is 5.85. The largest absolute Gasteiger partial charge is 0.298 e. The minimum absolute atomic E-state index is 0.245. The van der Waals surface area contributed by atoms with Crippen molar-refractivity contribution < 1.29 is 4.79 Å². The van der Waals surface area contributed by atoms with Crippen molar-refractivity contribution in [2.75, 3.05) is 0 Å². The summed E-state index contributed by atoms with van der Waals surface area (Å²) in [6.07, 6.45) is 3.56. The zero-order valence-electron chi connectivity index (χ0n) is 11.5. The van der Waals surface area contributed by atoms with Crippen LogP contribution in [0.5, 0.6) is 0 Å². The molecule has 1 rings (SSSR count). The van der Waals surface area contributed by atoms with Crippen LogP contribution in [0.2, 0.25) is 0 Å². The topological polar surface area (TPSA) is 17.1 Å². The van der Waals surface area contributed by atoms with Crippen LogP contribution in [-0.2, 0) is 4.79 Å². The van der Waals surface area contributed by atoms with Crippen LogP contribution in [0.15, 0.2) is 36.5 Å². The molecule has 0 saturated heterocycles. The summed E-state index contributed by atoms with van der Waals surface area (Å²) in [5.74, 6) is 0.245. The number of ketones is 1. The van der Waals surface area contributed by atoms with E-state index in [1.165, 1.54) is 0 Å². The van der Waals surface area contributed by atoms with E-state index in [-0.39, 0.29) is 5.78 Å². The van der Waals surface area contributed by atoms with Gasteiger partial charge in [-0.3, -0.25) is 4.79 Å². The fourth-order valence-electron chi connectivity index (χ4n) is 2.43. The van der Waals surface area contributed by atoms with Crippen molar-refractivity contribution in [1.29, 1.82) is 0 Å². The first-order valence-electron chi connectivity index (χ1n) is 5.85. The molecule has 0 fully saturated rings. The molecule has 90 valence electrons. The maximum atomic E-state index is 12.2. The van der Waals surface area contributed by atoms with Crippen LogP contribution in [0.4, 0.5) is 0 Å². The average molecular weight is 220 g/mol. The third-order valence-electron chi connectivity index (χ3n) is 3.18. The Kier molecular flexibility index (Phi) is 4.48. The molecule has 1 aliphatic carbocycles. The van der Waals surface area contributed by atoms with Gasteiger partial charge in [0.1, 0.15) is 0 Å². The van der Waals surface area contributed by atoms with E-state index in [9.17, 15) is 4.79 Å². The molecule has 0 aromatic rings. The van der Waals surface area contributed by atoms with Crippen LogP contribution >= 0.6 is 0 Å². The molecule has 0 N–H and O–H groups in total. The van der Waals surface area contributed by atoms with Crippen LogP contribution in [0.25, 0.3) is 0 Å². The van der Waals surface area contributed by atoms with Gasteiger partial charge in [0, 0.05) is 10.8 Å². The Morgan fingerprint density at radius 2 is 1.12 bits per heavy atom. The number of Topliss-reactive ketones (excluding diaryl/α,β-unsaturated/α-hetero) is 1. The standard InChI is InChI=1S/C13H18O.C2H6/c1-7-9-10(8-2)13(5,6)11(14)12(9,3)4;1-2/h7-8H,1-2H2,3-6H3;1-2H3. The molecular formula is C15H24O. The Labute approximate surface area is 99.9 Å². The summed E-state index contributed by atoms with van der Waals surface area (Å²) >= 11 is 0. The van der Waals surface area contributed by atoms with Crippen LogP contribution in [0, 0.1) is 10.8 Å². The molecule has 0 aliphatic heterocycles. The second kappa shape index (κ2) is 4.82. The monoisotopic (exact) mass is 220 g/mol. The second-order valence-electron chi connectivity index (χ2n) is 4.81. The Hall–Kier alpha value is -1.11. The SMILES string of the molecule is C=CC1=C(C=C)C(C)(C)C(=O)C1(C)C.CC. The van der Waals surface area contributed by atoms with E-state index >= 15 is 0 Å². The predicted octanol–water partition coefficient (Wildman–Crippen LogP) is 4.32. The van der Waals surface area contributed by atoms with Gasteiger partial charge >= 0.3 is 0 Å². The average Bonchev–Trinajstić information content (AvgIpc) is 2.38. The van der Waals surface area contributed by atoms with Crippen LogP contribution in [0.3, 0.4) is 0 Å². The third-order valence-corrected chi connectivity index (χ3v) is 3.18.